The Morgan fingerprint density at radius 1 is 1.00 bits per heavy atom. The van der Waals surface area contributed by atoms with Crippen LogP contribution in [0.1, 0.15) is 45.2 Å². The van der Waals surface area contributed by atoms with Crippen LogP contribution >= 0.6 is 0 Å². The highest BCUT2D eigenvalue weighted by atomic mass is 19.1. The zero-order valence-corrected chi connectivity index (χ0v) is 20.4. The fourth-order valence-electron chi connectivity index (χ4n) is 4.39. The molecule has 0 saturated heterocycles. The van der Waals surface area contributed by atoms with Gasteiger partial charge in [-0.05, 0) is 81.3 Å². The van der Waals surface area contributed by atoms with Gasteiger partial charge in [-0.2, -0.15) is 0 Å². The first kappa shape index (κ1) is 23.6. The lowest BCUT2D eigenvalue weighted by Crippen LogP contribution is -2.45. The van der Waals surface area contributed by atoms with Gasteiger partial charge in [0.25, 0.3) is 0 Å². The second kappa shape index (κ2) is 9.72. The zero-order chi connectivity index (χ0) is 24.3. The Balaban J connectivity index is 1.54. The van der Waals surface area contributed by atoms with Crippen molar-refractivity contribution in [2.45, 2.75) is 39.7 Å². The predicted molar refractivity (Wildman–Crippen MR) is 139 cm³/mol. The molecule has 176 valence electrons. The van der Waals surface area contributed by atoms with Crippen molar-refractivity contribution in [3.05, 3.63) is 83.7 Å². The lowest BCUT2D eigenvalue weighted by atomic mass is 9.87. The van der Waals surface area contributed by atoms with Gasteiger partial charge in [-0.1, -0.05) is 19.1 Å². The number of hydrogen-bond acceptors (Lipinski definition) is 4. The number of aliphatic imine (C=N–C) groups is 1. The third-order valence-electron chi connectivity index (χ3n) is 6.01. The number of hydrogen-bond donors (Lipinski definition) is 0. The van der Waals surface area contributed by atoms with Crippen molar-refractivity contribution in [1.29, 1.82) is 0 Å². The summed E-state index contributed by atoms with van der Waals surface area (Å²) in [5, 5.41) is 0. The molecule has 0 fully saturated rings. The largest absolute Gasteiger partial charge is 0.497 e. The van der Waals surface area contributed by atoms with Crippen LogP contribution in [-0.2, 0) is 0 Å². The number of anilines is 1. The summed E-state index contributed by atoms with van der Waals surface area (Å²) in [5.74, 6) is 1.84. The Morgan fingerprint density at radius 2 is 1.74 bits per heavy atom. The maximum absolute atomic E-state index is 15.1. The number of benzene rings is 3. The molecule has 4 rings (SSSR count). The molecule has 1 aliphatic heterocycles. The molecule has 0 unspecified atom stereocenters. The normalized spacial score (nSPS) is 14.6. The first-order chi connectivity index (χ1) is 16.3. The van der Waals surface area contributed by atoms with Crippen LogP contribution in [0.25, 0.3) is 5.57 Å². The molecule has 0 amide bonds. The van der Waals surface area contributed by atoms with E-state index >= 15 is 4.39 Å². The molecule has 0 saturated carbocycles. The molecule has 34 heavy (non-hydrogen) atoms. The molecule has 4 nitrogen and oxygen atoms in total. The van der Waals surface area contributed by atoms with E-state index in [-0.39, 0.29) is 11.4 Å². The van der Waals surface area contributed by atoms with Gasteiger partial charge in [0.05, 0.1) is 18.3 Å². The molecule has 0 spiro atoms. The van der Waals surface area contributed by atoms with Crippen molar-refractivity contribution in [3.8, 4) is 17.2 Å². The minimum absolute atomic E-state index is 0.149. The quantitative estimate of drug-likeness (QED) is 0.339. The maximum atomic E-state index is 15.1. The molecule has 0 atom stereocenters. The Bertz CT molecular complexity index is 1230. The summed E-state index contributed by atoms with van der Waals surface area (Å²) in [6.45, 7) is 9.45. The standard InChI is InChI=1S/C29H31FN2O2/c1-6-14-32-28-17-27(30)21(15-26(28)20(2)18-29(32,3)4)19-31-22-10-12-23(13-11-22)34-25-9-7-8-24(16-25)33-5/h7-13,15-19H,6,14H2,1-5H3. The van der Waals surface area contributed by atoms with Crippen molar-refractivity contribution >= 4 is 23.2 Å². The summed E-state index contributed by atoms with van der Waals surface area (Å²) in [6, 6.07) is 18.4. The van der Waals surface area contributed by atoms with Crippen LogP contribution in [0.15, 0.2) is 71.7 Å². The van der Waals surface area contributed by atoms with E-state index in [0.29, 0.717) is 17.1 Å². The molecule has 3 aromatic rings. The van der Waals surface area contributed by atoms with Crippen molar-refractivity contribution < 1.29 is 13.9 Å². The average Bonchev–Trinajstić information content (AvgIpc) is 2.81. The van der Waals surface area contributed by atoms with Gasteiger partial charge >= 0.3 is 0 Å². The number of nitrogens with zero attached hydrogens (tertiary/aromatic N) is 2. The first-order valence-corrected chi connectivity index (χ1v) is 11.6. The Hall–Kier alpha value is -3.60. The molecular weight excluding hydrogens is 427 g/mol. The number of halogens is 1. The van der Waals surface area contributed by atoms with Gasteiger partial charge in [-0.15, -0.1) is 0 Å². The number of rotatable bonds is 7. The van der Waals surface area contributed by atoms with Crippen molar-refractivity contribution in [2.24, 2.45) is 4.99 Å². The lowest BCUT2D eigenvalue weighted by molar-refractivity contribution is 0.409. The fraction of sp³-hybridized carbons (Fsp3) is 0.276. The van der Waals surface area contributed by atoms with E-state index in [4.69, 9.17) is 9.47 Å². The smallest absolute Gasteiger partial charge is 0.134 e. The number of allylic oxidation sites excluding steroid dienone is 1. The van der Waals surface area contributed by atoms with Crippen LogP contribution < -0.4 is 14.4 Å². The second-order valence-electron chi connectivity index (χ2n) is 9.06. The number of methoxy groups -OCH3 is 1. The monoisotopic (exact) mass is 458 g/mol. The summed E-state index contributed by atoms with van der Waals surface area (Å²) < 4.78 is 26.2. The SMILES string of the molecule is CCCN1c2cc(F)c(C=Nc3ccc(Oc4cccc(OC)c4)cc3)cc2C(C)=CC1(C)C. The van der Waals surface area contributed by atoms with Crippen molar-refractivity contribution in [3.63, 3.8) is 0 Å². The summed E-state index contributed by atoms with van der Waals surface area (Å²) in [7, 11) is 1.62. The fourth-order valence-corrected chi connectivity index (χ4v) is 4.39. The Kier molecular flexibility index (Phi) is 6.73. The molecule has 0 bridgehead atoms. The lowest BCUT2D eigenvalue weighted by Gasteiger charge is -2.43. The topological polar surface area (TPSA) is 34.1 Å². The summed E-state index contributed by atoms with van der Waals surface area (Å²) in [6.07, 6.45) is 4.84. The molecule has 3 aromatic carbocycles. The number of ether oxygens (including phenoxy) is 2. The zero-order valence-electron chi connectivity index (χ0n) is 20.4. The van der Waals surface area contributed by atoms with Crippen LogP contribution in [0, 0.1) is 5.82 Å². The van der Waals surface area contributed by atoms with Crippen LogP contribution in [0.4, 0.5) is 15.8 Å². The van der Waals surface area contributed by atoms with Crippen LogP contribution in [0.2, 0.25) is 0 Å². The van der Waals surface area contributed by atoms with Gasteiger partial charge in [0, 0.05) is 35.6 Å². The van der Waals surface area contributed by atoms with Crippen LogP contribution in [0.5, 0.6) is 17.2 Å². The van der Waals surface area contributed by atoms with Gasteiger partial charge in [-0.3, -0.25) is 4.99 Å². The van der Waals surface area contributed by atoms with E-state index < -0.39 is 0 Å². The third kappa shape index (κ3) is 4.98. The second-order valence-corrected chi connectivity index (χ2v) is 9.06. The van der Waals surface area contributed by atoms with Crippen molar-refractivity contribution in [2.75, 3.05) is 18.6 Å². The highest BCUT2D eigenvalue weighted by molar-refractivity contribution is 5.89. The average molecular weight is 459 g/mol. The minimum Gasteiger partial charge on any atom is -0.497 e. The molecule has 0 aromatic heterocycles. The molecular formula is C29H31FN2O2. The van der Waals surface area contributed by atoms with Crippen LogP contribution in [0.3, 0.4) is 0 Å². The molecule has 0 N–H and O–H groups in total. The van der Waals surface area contributed by atoms with E-state index in [2.05, 4.69) is 43.7 Å². The molecule has 1 aliphatic rings. The molecule has 1 heterocycles. The molecule has 0 aliphatic carbocycles. The van der Waals surface area contributed by atoms with Crippen molar-refractivity contribution in [1.82, 2.24) is 0 Å². The van der Waals surface area contributed by atoms with E-state index in [1.165, 1.54) is 0 Å². The minimum atomic E-state index is -0.271. The maximum Gasteiger partial charge on any atom is 0.134 e. The van der Waals surface area contributed by atoms with Gasteiger partial charge in [0.1, 0.15) is 23.1 Å². The summed E-state index contributed by atoms with van der Waals surface area (Å²) in [5.41, 5.74) is 4.19. The van der Waals surface area contributed by atoms with Gasteiger partial charge in [-0.25, -0.2) is 4.39 Å². The van der Waals surface area contributed by atoms with Gasteiger partial charge in [0.2, 0.25) is 0 Å². The Labute approximate surface area is 201 Å². The highest BCUT2D eigenvalue weighted by Crippen LogP contribution is 2.40. The Morgan fingerprint density at radius 3 is 2.44 bits per heavy atom. The van der Waals surface area contributed by atoms with E-state index in [1.807, 2.05) is 54.6 Å². The first-order valence-electron chi connectivity index (χ1n) is 11.6. The summed E-state index contributed by atoms with van der Waals surface area (Å²) in [4.78, 5) is 6.78. The van der Waals surface area contributed by atoms with E-state index in [9.17, 15) is 0 Å². The third-order valence-corrected chi connectivity index (χ3v) is 6.01. The highest BCUT2D eigenvalue weighted by Gasteiger charge is 2.31. The number of fused-ring (bicyclic) bond motifs is 1. The summed E-state index contributed by atoms with van der Waals surface area (Å²) >= 11 is 0. The van der Waals surface area contributed by atoms with Gasteiger partial charge in [0.15, 0.2) is 0 Å². The predicted octanol–water partition coefficient (Wildman–Crippen LogP) is 7.79. The van der Waals surface area contributed by atoms with E-state index in [1.54, 1.807) is 19.4 Å². The molecule has 5 heteroatoms. The van der Waals surface area contributed by atoms with E-state index in [0.717, 1.165) is 41.2 Å². The van der Waals surface area contributed by atoms with Gasteiger partial charge < -0.3 is 14.4 Å². The van der Waals surface area contributed by atoms with Crippen LogP contribution in [-0.4, -0.2) is 25.4 Å². The molecule has 0 radical (unpaired) electrons.